The molecule has 1 aromatic carbocycles. The number of ether oxygens (including phenoxy) is 2. The molecule has 0 unspecified atom stereocenters. The van der Waals surface area contributed by atoms with Crippen LogP contribution >= 0.6 is 0 Å². The topological polar surface area (TPSA) is 96.9 Å². The number of aromatic nitrogens is 2. The number of nitrogens with one attached hydrogen (secondary N) is 1. The van der Waals surface area contributed by atoms with Crippen molar-refractivity contribution < 1.29 is 19.1 Å². The molecule has 0 atom stereocenters. The minimum Gasteiger partial charge on any atom is -0.490 e. The van der Waals surface area contributed by atoms with Gasteiger partial charge in [0.15, 0.2) is 0 Å². The maximum absolute atomic E-state index is 13.0. The first-order valence-electron chi connectivity index (χ1n) is 10.5. The first-order valence-corrected chi connectivity index (χ1v) is 10.5. The molecular weight excluding hydrogens is 398 g/mol. The number of methoxy groups -OCH3 is 1. The summed E-state index contributed by atoms with van der Waals surface area (Å²) >= 11 is 0. The van der Waals surface area contributed by atoms with Gasteiger partial charge in [-0.2, -0.15) is 10.2 Å². The number of hydrogen-bond acceptors (Lipinski definition) is 7. The lowest BCUT2D eigenvalue weighted by molar-refractivity contribution is -0.136. The van der Waals surface area contributed by atoms with E-state index in [0.717, 1.165) is 24.3 Å². The molecule has 2 aliphatic heterocycles. The third-order valence-electron chi connectivity index (χ3n) is 5.64. The average Bonchev–Trinajstić information content (AvgIpc) is 2.75. The molecule has 1 N–H and O–H groups in total. The van der Waals surface area contributed by atoms with Crippen molar-refractivity contribution in [3.05, 3.63) is 42.7 Å². The van der Waals surface area contributed by atoms with Crippen molar-refractivity contribution in [3.63, 3.8) is 0 Å². The fourth-order valence-electron chi connectivity index (χ4n) is 3.77. The number of likely N-dealkylation sites (tertiary alicyclic amines) is 1. The van der Waals surface area contributed by atoms with Crippen LogP contribution in [0.4, 0.5) is 11.4 Å². The molecule has 4 rings (SSSR count). The highest BCUT2D eigenvalue weighted by Crippen LogP contribution is 2.30. The summed E-state index contributed by atoms with van der Waals surface area (Å²) in [6, 6.07) is 9.31. The number of nitrogens with zero attached hydrogens (tertiary/aromatic N) is 4. The van der Waals surface area contributed by atoms with Crippen LogP contribution < -0.4 is 15.0 Å². The normalized spacial score (nSPS) is 17.1. The summed E-state index contributed by atoms with van der Waals surface area (Å²) < 4.78 is 11.0. The van der Waals surface area contributed by atoms with Gasteiger partial charge in [-0.1, -0.05) is 0 Å². The van der Waals surface area contributed by atoms with Gasteiger partial charge in [-0.25, -0.2) is 0 Å². The van der Waals surface area contributed by atoms with E-state index < -0.39 is 0 Å². The fourth-order valence-corrected chi connectivity index (χ4v) is 3.77. The number of rotatable bonds is 7. The largest absolute Gasteiger partial charge is 0.490 e. The van der Waals surface area contributed by atoms with Crippen LogP contribution in [0.15, 0.2) is 42.7 Å². The molecule has 0 bridgehead atoms. The van der Waals surface area contributed by atoms with Gasteiger partial charge in [0.05, 0.1) is 24.0 Å². The number of amides is 2. The number of carbonyl (C=O) groups excluding carboxylic acids is 2. The van der Waals surface area contributed by atoms with E-state index in [1.54, 1.807) is 23.4 Å². The van der Waals surface area contributed by atoms with Crippen LogP contribution in [0.25, 0.3) is 0 Å². The minimum absolute atomic E-state index is 0.0160. The van der Waals surface area contributed by atoms with Crippen molar-refractivity contribution in [2.45, 2.75) is 18.9 Å². The number of carbonyl (C=O) groups is 2. The van der Waals surface area contributed by atoms with E-state index in [4.69, 9.17) is 9.47 Å². The molecule has 1 aromatic heterocycles. The molecule has 0 saturated carbocycles. The predicted molar refractivity (Wildman–Crippen MR) is 114 cm³/mol. The van der Waals surface area contributed by atoms with Gasteiger partial charge in [0.2, 0.25) is 11.8 Å². The van der Waals surface area contributed by atoms with Crippen LogP contribution in [-0.2, 0) is 14.3 Å². The lowest BCUT2D eigenvalue weighted by atomic mass is 10.0. The summed E-state index contributed by atoms with van der Waals surface area (Å²) in [5, 5.41) is 10.9. The average molecular weight is 425 g/mol. The van der Waals surface area contributed by atoms with E-state index in [0.29, 0.717) is 31.9 Å². The first kappa shape index (κ1) is 21.2. The monoisotopic (exact) mass is 425 g/mol. The molecule has 3 heterocycles. The van der Waals surface area contributed by atoms with Crippen molar-refractivity contribution in [1.82, 2.24) is 20.4 Å². The van der Waals surface area contributed by atoms with Gasteiger partial charge in [-0.05, 0) is 30.3 Å². The molecule has 2 fully saturated rings. The predicted octanol–water partition coefficient (Wildman–Crippen LogP) is 1.38. The van der Waals surface area contributed by atoms with E-state index in [2.05, 4.69) is 15.5 Å². The zero-order valence-corrected chi connectivity index (χ0v) is 17.6. The lowest BCUT2D eigenvalue weighted by Crippen LogP contribution is -2.51. The van der Waals surface area contributed by atoms with Crippen LogP contribution in [0.1, 0.15) is 12.8 Å². The van der Waals surface area contributed by atoms with Gasteiger partial charge in [0, 0.05) is 51.8 Å². The summed E-state index contributed by atoms with van der Waals surface area (Å²) in [6.07, 6.45) is 4.78. The molecule has 2 saturated heterocycles. The lowest BCUT2D eigenvalue weighted by Gasteiger charge is -2.33. The highest BCUT2D eigenvalue weighted by atomic mass is 16.5. The summed E-state index contributed by atoms with van der Waals surface area (Å²) in [6.45, 7) is 2.81. The Morgan fingerprint density at radius 2 is 1.84 bits per heavy atom. The van der Waals surface area contributed by atoms with Crippen molar-refractivity contribution in [2.24, 2.45) is 5.92 Å². The quantitative estimate of drug-likeness (QED) is 0.716. The molecule has 0 aliphatic carbocycles. The summed E-state index contributed by atoms with van der Waals surface area (Å²) in [4.78, 5) is 28.4. The molecule has 9 heteroatoms. The van der Waals surface area contributed by atoms with Crippen LogP contribution in [0.2, 0.25) is 0 Å². The second-order valence-corrected chi connectivity index (χ2v) is 7.75. The highest BCUT2D eigenvalue weighted by molar-refractivity contribution is 6.02. The molecule has 2 amide bonds. The standard InChI is InChI=1S/C22H27N5O4/c1-30-15-21(28)26-10-7-20(8-11-26)31-19-4-2-17(3-5-19)27(18-6-9-24-25-14-18)22(29)16-12-23-13-16/h2-6,9,14,16,20,23H,7-8,10-13,15H2,1H3. The van der Waals surface area contributed by atoms with Crippen molar-refractivity contribution in [1.29, 1.82) is 0 Å². The summed E-state index contributed by atoms with van der Waals surface area (Å²) in [5.74, 6) is 0.752. The smallest absolute Gasteiger partial charge is 0.248 e. The van der Waals surface area contributed by atoms with Crippen LogP contribution in [0.5, 0.6) is 5.75 Å². The Morgan fingerprint density at radius 1 is 1.10 bits per heavy atom. The summed E-state index contributed by atoms with van der Waals surface area (Å²) in [7, 11) is 1.53. The molecule has 0 spiro atoms. The zero-order valence-electron chi connectivity index (χ0n) is 17.6. The maximum atomic E-state index is 13.0. The summed E-state index contributed by atoms with van der Waals surface area (Å²) in [5.41, 5.74) is 1.45. The van der Waals surface area contributed by atoms with Crippen LogP contribution in [-0.4, -0.2) is 72.9 Å². The van der Waals surface area contributed by atoms with E-state index in [1.807, 2.05) is 29.2 Å². The zero-order chi connectivity index (χ0) is 21.6. The second-order valence-electron chi connectivity index (χ2n) is 7.75. The number of piperidine rings is 1. The fraction of sp³-hybridized carbons (Fsp3) is 0.455. The molecule has 2 aromatic rings. The molecule has 164 valence electrons. The van der Waals surface area contributed by atoms with Gasteiger partial charge in [0.1, 0.15) is 18.5 Å². The van der Waals surface area contributed by atoms with E-state index in [-0.39, 0.29) is 30.4 Å². The van der Waals surface area contributed by atoms with Crippen LogP contribution in [0.3, 0.4) is 0 Å². The van der Waals surface area contributed by atoms with Gasteiger partial charge >= 0.3 is 0 Å². The minimum atomic E-state index is -0.0462. The number of anilines is 2. The Bertz CT molecular complexity index is 881. The molecule has 0 radical (unpaired) electrons. The van der Waals surface area contributed by atoms with Gasteiger partial charge < -0.3 is 19.7 Å². The number of benzene rings is 1. The Morgan fingerprint density at radius 3 is 2.42 bits per heavy atom. The second kappa shape index (κ2) is 9.84. The molecule has 31 heavy (non-hydrogen) atoms. The highest BCUT2D eigenvalue weighted by Gasteiger charge is 2.31. The van der Waals surface area contributed by atoms with Gasteiger partial charge in [-0.3, -0.25) is 14.5 Å². The Hall–Kier alpha value is -3.04. The van der Waals surface area contributed by atoms with Crippen molar-refractivity contribution >= 4 is 23.2 Å². The van der Waals surface area contributed by atoms with Gasteiger partial charge in [-0.15, -0.1) is 0 Å². The van der Waals surface area contributed by atoms with E-state index in [9.17, 15) is 9.59 Å². The van der Waals surface area contributed by atoms with Crippen molar-refractivity contribution in [3.8, 4) is 5.75 Å². The Labute approximate surface area is 181 Å². The van der Waals surface area contributed by atoms with Crippen molar-refractivity contribution in [2.75, 3.05) is 44.8 Å². The Kier molecular flexibility index (Phi) is 6.73. The molecule has 2 aliphatic rings. The third-order valence-corrected chi connectivity index (χ3v) is 5.64. The first-order chi connectivity index (χ1) is 15.2. The van der Waals surface area contributed by atoms with Crippen LogP contribution in [0, 0.1) is 5.92 Å². The maximum Gasteiger partial charge on any atom is 0.248 e. The molecule has 9 nitrogen and oxygen atoms in total. The van der Waals surface area contributed by atoms with E-state index in [1.165, 1.54) is 7.11 Å². The third kappa shape index (κ3) is 5.00. The SMILES string of the molecule is COCC(=O)N1CCC(Oc2ccc(N(C(=O)C3CNC3)c3ccnnc3)cc2)CC1. The van der Waals surface area contributed by atoms with E-state index >= 15 is 0 Å². The Balaban J connectivity index is 1.41. The molecular formula is C22H27N5O4. The number of hydrogen-bond donors (Lipinski definition) is 1. The van der Waals surface area contributed by atoms with Gasteiger partial charge in [0.25, 0.3) is 0 Å².